The van der Waals surface area contributed by atoms with Crippen molar-refractivity contribution >= 4 is 21.6 Å². The van der Waals surface area contributed by atoms with E-state index in [0.29, 0.717) is 12.6 Å². The normalized spacial score (nSPS) is 20.1. The monoisotopic (exact) mass is 324 g/mol. The zero-order valence-electron chi connectivity index (χ0n) is 12.9. The third-order valence-electron chi connectivity index (χ3n) is 4.55. The highest BCUT2D eigenvalue weighted by molar-refractivity contribution is 7.18. The number of rotatable bonds is 4. The van der Waals surface area contributed by atoms with Crippen molar-refractivity contribution in [2.24, 2.45) is 0 Å². The summed E-state index contributed by atoms with van der Waals surface area (Å²) in [7, 11) is 0. The molecule has 0 saturated carbocycles. The maximum absolute atomic E-state index is 10.5. The van der Waals surface area contributed by atoms with Crippen LogP contribution in [0.25, 0.3) is 10.2 Å². The second-order valence-corrected chi connectivity index (χ2v) is 7.16. The standard InChI is InChI=1S/C19H20N2OS/c22-17(14-7-2-1-3-8-14)13-21-12-6-10-16(21)19-20-15-9-4-5-11-18(15)23-19/h1-5,7-9,11,16-17,22H,6,10,12-13H2. The second-order valence-electron chi connectivity index (χ2n) is 6.10. The first kappa shape index (κ1) is 14.8. The number of β-amino-alcohol motifs (C(OH)–C–C–N with tert-alkyl or cyclic N) is 1. The van der Waals surface area contributed by atoms with Gasteiger partial charge in [-0.25, -0.2) is 4.98 Å². The van der Waals surface area contributed by atoms with E-state index in [1.54, 1.807) is 11.3 Å². The van der Waals surface area contributed by atoms with Crippen LogP contribution in [0.4, 0.5) is 0 Å². The van der Waals surface area contributed by atoms with E-state index in [4.69, 9.17) is 4.98 Å². The Morgan fingerprint density at radius 3 is 2.74 bits per heavy atom. The number of benzene rings is 2. The Labute approximate surface area is 140 Å². The van der Waals surface area contributed by atoms with Crippen LogP contribution in [0.3, 0.4) is 0 Å². The molecular formula is C19H20N2OS. The molecule has 3 nitrogen and oxygen atoms in total. The summed E-state index contributed by atoms with van der Waals surface area (Å²) in [5, 5.41) is 11.7. The fraction of sp³-hybridized carbons (Fsp3) is 0.316. The van der Waals surface area contributed by atoms with Gasteiger partial charge in [-0.2, -0.15) is 0 Å². The summed E-state index contributed by atoms with van der Waals surface area (Å²) in [4.78, 5) is 7.20. The van der Waals surface area contributed by atoms with Crippen LogP contribution in [0.1, 0.15) is 35.6 Å². The fourth-order valence-corrected chi connectivity index (χ4v) is 4.50. The molecule has 2 atom stereocenters. The molecule has 0 spiro atoms. The van der Waals surface area contributed by atoms with Crippen LogP contribution in [-0.4, -0.2) is 28.1 Å². The van der Waals surface area contributed by atoms with Crippen LogP contribution in [0.5, 0.6) is 0 Å². The molecule has 0 radical (unpaired) electrons. The van der Waals surface area contributed by atoms with E-state index in [1.807, 2.05) is 36.4 Å². The van der Waals surface area contributed by atoms with Gasteiger partial charge in [0, 0.05) is 6.54 Å². The summed E-state index contributed by atoms with van der Waals surface area (Å²) >= 11 is 1.79. The predicted molar refractivity (Wildman–Crippen MR) is 94.6 cm³/mol. The lowest BCUT2D eigenvalue weighted by molar-refractivity contribution is 0.106. The first-order valence-electron chi connectivity index (χ1n) is 8.14. The van der Waals surface area contributed by atoms with Crippen molar-refractivity contribution in [1.82, 2.24) is 9.88 Å². The number of nitrogens with zero attached hydrogens (tertiary/aromatic N) is 2. The van der Waals surface area contributed by atoms with E-state index in [9.17, 15) is 5.11 Å². The van der Waals surface area contributed by atoms with E-state index in [-0.39, 0.29) is 0 Å². The number of fused-ring (bicyclic) bond motifs is 1. The van der Waals surface area contributed by atoms with Gasteiger partial charge >= 0.3 is 0 Å². The Hall–Kier alpha value is -1.75. The molecule has 1 aromatic heterocycles. The lowest BCUT2D eigenvalue weighted by atomic mass is 10.1. The number of thiazole rings is 1. The third-order valence-corrected chi connectivity index (χ3v) is 5.69. The quantitative estimate of drug-likeness (QED) is 0.782. The smallest absolute Gasteiger partial charge is 0.111 e. The van der Waals surface area contributed by atoms with Crippen molar-refractivity contribution in [3.8, 4) is 0 Å². The van der Waals surface area contributed by atoms with E-state index in [1.165, 1.54) is 16.1 Å². The van der Waals surface area contributed by atoms with Crippen LogP contribution < -0.4 is 0 Å². The van der Waals surface area contributed by atoms with E-state index >= 15 is 0 Å². The Morgan fingerprint density at radius 2 is 1.91 bits per heavy atom. The van der Waals surface area contributed by atoms with Gasteiger partial charge in [-0.1, -0.05) is 42.5 Å². The highest BCUT2D eigenvalue weighted by Crippen LogP contribution is 2.37. The summed E-state index contributed by atoms with van der Waals surface area (Å²) in [6.45, 7) is 1.70. The second kappa shape index (κ2) is 6.40. The van der Waals surface area contributed by atoms with Gasteiger partial charge in [0.05, 0.1) is 22.4 Å². The van der Waals surface area contributed by atoms with Crippen molar-refractivity contribution in [1.29, 1.82) is 0 Å². The molecule has 2 aromatic carbocycles. The highest BCUT2D eigenvalue weighted by atomic mass is 32.1. The molecule has 0 bridgehead atoms. The summed E-state index contributed by atoms with van der Waals surface area (Å²) in [5.41, 5.74) is 2.07. The van der Waals surface area contributed by atoms with Gasteiger partial charge in [-0.15, -0.1) is 11.3 Å². The minimum absolute atomic E-state index is 0.339. The topological polar surface area (TPSA) is 36.4 Å². The lowest BCUT2D eigenvalue weighted by Crippen LogP contribution is -2.28. The Morgan fingerprint density at radius 1 is 1.13 bits per heavy atom. The van der Waals surface area contributed by atoms with Gasteiger partial charge in [-0.3, -0.25) is 4.90 Å². The summed E-state index contributed by atoms with van der Waals surface area (Å²) in [6, 6.07) is 18.6. The van der Waals surface area contributed by atoms with E-state index < -0.39 is 6.10 Å². The molecule has 0 aliphatic carbocycles. The molecule has 118 valence electrons. The Kier molecular flexibility index (Phi) is 4.12. The number of likely N-dealkylation sites (tertiary alicyclic amines) is 1. The summed E-state index contributed by atoms with van der Waals surface area (Å²) in [5.74, 6) is 0. The predicted octanol–water partition coefficient (Wildman–Crippen LogP) is 4.17. The first-order valence-corrected chi connectivity index (χ1v) is 8.95. The molecule has 1 N–H and O–H groups in total. The van der Waals surface area contributed by atoms with Crippen molar-refractivity contribution in [2.75, 3.05) is 13.1 Å². The minimum Gasteiger partial charge on any atom is -0.387 e. The van der Waals surface area contributed by atoms with Crippen molar-refractivity contribution < 1.29 is 5.11 Å². The molecule has 1 aliphatic heterocycles. The Balaban J connectivity index is 1.54. The number of para-hydroxylation sites is 1. The maximum atomic E-state index is 10.5. The van der Waals surface area contributed by atoms with Crippen molar-refractivity contribution in [3.63, 3.8) is 0 Å². The maximum Gasteiger partial charge on any atom is 0.111 e. The largest absolute Gasteiger partial charge is 0.387 e. The van der Waals surface area contributed by atoms with Gasteiger partial charge in [0.1, 0.15) is 5.01 Å². The van der Waals surface area contributed by atoms with Crippen LogP contribution in [-0.2, 0) is 0 Å². The summed E-state index contributed by atoms with van der Waals surface area (Å²) < 4.78 is 1.25. The fourth-order valence-electron chi connectivity index (χ4n) is 3.36. The van der Waals surface area contributed by atoms with Gasteiger partial charge < -0.3 is 5.11 Å². The molecule has 2 unspecified atom stereocenters. The zero-order chi connectivity index (χ0) is 15.6. The molecule has 0 amide bonds. The van der Waals surface area contributed by atoms with Gasteiger partial charge in [0.2, 0.25) is 0 Å². The zero-order valence-corrected chi connectivity index (χ0v) is 13.7. The molecule has 2 heterocycles. The van der Waals surface area contributed by atoms with Crippen LogP contribution in [0, 0.1) is 0 Å². The highest BCUT2D eigenvalue weighted by Gasteiger charge is 2.30. The molecule has 1 saturated heterocycles. The van der Waals surface area contributed by atoms with Gasteiger partial charge in [-0.05, 0) is 37.1 Å². The number of hydrogen-bond donors (Lipinski definition) is 1. The average molecular weight is 324 g/mol. The Bertz CT molecular complexity index is 753. The first-order chi connectivity index (χ1) is 11.3. The van der Waals surface area contributed by atoms with Crippen LogP contribution in [0.2, 0.25) is 0 Å². The molecule has 1 fully saturated rings. The molecule has 23 heavy (non-hydrogen) atoms. The number of aliphatic hydroxyl groups excluding tert-OH is 1. The number of aliphatic hydroxyl groups is 1. The average Bonchev–Trinajstić information content (AvgIpc) is 3.21. The third kappa shape index (κ3) is 3.02. The van der Waals surface area contributed by atoms with Gasteiger partial charge in [0.15, 0.2) is 0 Å². The number of aromatic nitrogens is 1. The summed E-state index contributed by atoms with van der Waals surface area (Å²) in [6.07, 6.45) is 1.86. The molecule has 3 aromatic rings. The minimum atomic E-state index is -0.439. The lowest BCUT2D eigenvalue weighted by Gasteiger charge is -2.25. The van der Waals surface area contributed by atoms with Crippen LogP contribution in [0.15, 0.2) is 54.6 Å². The number of hydrogen-bond acceptors (Lipinski definition) is 4. The van der Waals surface area contributed by atoms with Gasteiger partial charge in [0.25, 0.3) is 0 Å². The molecule has 4 rings (SSSR count). The van der Waals surface area contributed by atoms with E-state index in [0.717, 1.165) is 24.0 Å². The molecule has 4 heteroatoms. The SMILES string of the molecule is OC(CN1CCCC1c1nc2ccccc2s1)c1ccccc1. The molecular weight excluding hydrogens is 304 g/mol. The van der Waals surface area contributed by atoms with Crippen molar-refractivity contribution in [2.45, 2.75) is 25.0 Å². The van der Waals surface area contributed by atoms with Crippen LogP contribution >= 0.6 is 11.3 Å². The molecule has 1 aliphatic rings. The van der Waals surface area contributed by atoms with E-state index in [2.05, 4.69) is 23.1 Å². The van der Waals surface area contributed by atoms with Crippen molar-refractivity contribution in [3.05, 3.63) is 65.2 Å².